The number of nitrogen functional groups attached to an aromatic ring is 1. The molecule has 1 heterocycles. The average molecular weight is 296 g/mol. The van der Waals surface area contributed by atoms with Crippen molar-refractivity contribution in [2.45, 2.75) is 34.1 Å². The molecule has 21 heavy (non-hydrogen) atoms. The van der Waals surface area contributed by atoms with E-state index in [2.05, 4.69) is 43.0 Å². The van der Waals surface area contributed by atoms with Gasteiger partial charge in [-0.3, -0.25) is 0 Å². The summed E-state index contributed by atoms with van der Waals surface area (Å²) in [6, 6.07) is 0. The summed E-state index contributed by atoms with van der Waals surface area (Å²) >= 11 is 0. The number of hydrogen-bond donors (Lipinski definition) is 2. The van der Waals surface area contributed by atoms with Gasteiger partial charge in [0.05, 0.1) is 13.2 Å². The fourth-order valence-corrected chi connectivity index (χ4v) is 1.71. The van der Waals surface area contributed by atoms with Crippen LogP contribution in [0.1, 0.15) is 33.5 Å². The molecule has 0 aliphatic rings. The van der Waals surface area contributed by atoms with Crippen LogP contribution in [0.2, 0.25) is 0 Å². The molecule has 6 nitrogen and oxygen atoms in total. The third-order valence-electron chi connectivity index (χ3n) is 2.70. The molecular weight excluding hydrogens is 268 g/mol. The van der Waals surface area contributed by atoms with E-state index in [1.54, 1.807) is 7.11 Å². The number of nitrogens with zero attached hydrogens (tertiary/aromatic N) is 2. The molecule has 0 bridgehead atoms. The zero-order valence-corrected chi connectivity index (χ0v) is 13.8. The zero-order chi connectivity index (χ0) is 15.8. The summed E-state index contributed by atoms with van der Waals surface area (Å²) in [5.41, 5.74) is 6.56. The molecule has 0 unspecified atom stereocenters. The Morgan fingerprint density at radius 1 is 1.14 bits per heavy atom. The Morgan fingerprint density at radius 3 is 2.43 bits per heavy atom. The Balaban J connectivity index is 2.94. The molecule has 0 fully saturated rings. The Morgan fingerprint density at radius 2 is 1.86 bits per heavy atom. The van der Waals surface area contributed by atoms with Gasteiger partial charge in [-0.2, -0.15) is 4.98 Å². The van der Waals surface area contributed by atoms with Crippen LogP contribution in [0.4, 0.5) is 11.5 Å². The first-order chi connectivity index (χ1) is 9.93. The number of anilines is 2. The number of aromatic nitrogens is 2. The normalized spacial score (nSPS) is 11.2. The molecule has 0 aliphatic heterocycles. The van der Waals surface area contributed by atoms with Gasteiger partial charge in [-0.25, -0.2) is 4.98 Å². The summed E-state index contributed by atoms with van der Waals surface area (Å²) in [6.07, 6.45) is 0.789. The zero-order valence-electron chi connectivity index (χ0n) is 13.8. The smallest absolute Gasteiger partial charge is 0.242 e. The highest BCUT2D eigenvalue weighted by molar-refractivity contribution is 5.66. The minimum Gasteiger partial charge on any atom is -0.476 e. The molecule has 1 rings (SSSR count). The summed E-state index contributed by atoms with van der Waals surface area (Å²) < 4.78 is 10.7. The molecule has 3 N–H and O–H groups in total. The lowest BCUT2D eigenvalue weighted by Crippen LogP contribution is -2.15. The molecule has 0 spiro atoms. The third-order valence-corrected chi connectivity index (χ3v) is 2.70. The fraction of sp³-hybridized carbons (Fsp3) is 0.733. The van der Waals surface area contributed by atoms with Gasteiger partial charge in [0.15, 0.2) is 5.82 Å². The Labute approximate surface area is 127 Å². The summed E-state index contributed by atoms with van der Waals surface area (Å²) in [7, 11) is 1.66. The van der Waals surface area contributed by atoms with Crippen molar-refractivity contribution in [1.29, 1.82) is 0 Å². The molecule has 1 aromatic rings. The number of rotatable bonds is 9. The highest BCUT2D eigenvalue weighted by Gasteiger charge is 2.14. The summed E-state index contributed by atoms with van der Waals surface area (Å²) in [4.78, 5) is 8.93. The van der Waals surface area contributed by atoms with Crippen molar-refractivity contribution >= 4 is 11.5 Å². The van der Waals surface area contributed by atoms with Crippen LogP contribution >= 0.6 is 0 Å². The first-order valence-electron chi connectivity index (χ1n) is 7.46. The molecule has 0 saturated heterocycles. The van der Waals surface area contributed by atoms with Crippen LogP contribution in [-0.2, 0) is 11.2 Å². The Bertz CT molecular complexity index is 436. The lowest BCUT2D eigenvalue weighted by molar-refractivity contribution is 0.210. The Kier molecular flexibility index (Phi) is 7.22. The summed E-state index contributed by atoms with van der Waals surface area (Å²) in [5.74, 6) is 2.72. The number of nitrogens with two attached hydrogens (primary N) is 1. The van der Waals surface area contributed by atoms with E-state index in [1.807, 2.05) is 0 Å². The van der Waals surface area contributed by atoms with Gasteiger partial charge >= 0.3 is 0 Å². The molecule has 6 heteroatoms. The number of nitrogens with one attached hydrogen (secondary N) is 1. The third kappa shape index (κ3) is 6.16. The van der Waals surface area contributed by atoms with Crippen molar-refractivity contribution < 1.29 is 9.47 Å². The second kappa shape index (κ2) is 8.67. The minimum atomic E-state index is 0.415. The van der Waals surface area contributed by atoms with Gasteiger partial charge in [-0.05, 0) is 11.8 Å². The second-order valence-electron chi connectivity index (χ2n) is 5.93. The van der Waals surface area contributed by atoms with E-state index < -0.39 is 0 Å². The lowest BCUT2D eigenvalue weighted by Gasteiger charge is -2.15. The van der Waals surface area contributed by atoms with Crippen LogP contribution in [0, 0.1) is 11.8 Å². The van der Waals surface area contributed by atoms with Gasteiger partial charge in [0, 0.05) is 20.1 Å². The molecule has 0 radical (unpaired) electrons. The van der Waals surface area contributed by atoms with Crippen LogP contribution in [0.15, 0.2) is 0 Å². The Hall–Kier alpha value is -1.56. The van der Waals surface area contributed by atoms with Crippen LogP contribution in [0.5, 0.6) is 5.88 Å². The van der Waals surface area contributed by atoms with Gasteiger partial charge in [0.1, 0.15) is 11.5 Å². The van der Waals surface area contributed by atoms with Crippen LogP contribution in [-0.4, -0.2) is 36.8 Å². The monoisotopic (exact) mass is 296 g/mol. The summed E-state index contributed by atoms with van der Waals surface area (Å²) in [5, 5.41) is 3.17. The van der Waals surface area contributed by atoms with Gasteiger partial charge in [-0.15, -0.1) is 0 Å². The maximum Gasteiger partial charge on any atom is 0.242 e. The van der Waals surface area contributed by atoms with Crippen molar-refractivity contribution in [3.8, 4) is 5.88 Å². The van der Waals surface area contributed by atoms with E-state index in [9.17, 15) is 0 Å². The van der Waals surface area contributed by atoms with E-state index in [0.717, 1.165) is 12.2 Å². The topological polar surface area (TPSA) is 82.3 Å². The van der Waals surface area contributed by atoms with Crippen molar-refractivity contribution in [3.63, 3.8) is 0 Å². The first kappa shape index (κ1) is 17.5. The molecule has 0 aromatic carbocycles. The van der Waals surface area contributed by atoms with Gasteiger partial charge in [0.25, 0.3) is 0 Å². The number of methoxy groups -OCH3 is 1. The molecular formula is C15H28N4O2. The number of ether oxygens (including phenoxy) is 2. The van der Waals surface area contributed by atoms with Gasteiger partial charge in [0.2, 0.25) is 5.88 Å². The van der Waals surface area contributed by atoms with E-state index in [1.165, 1.54) is 0 Å². The summed E-state index contributed by atoms with van der Waals surface area (Å²) in [6.45, 7) is 10.3. The highest BCUT2D eigenvalue weighted by atomic mass is 16.5. The quantitative estimate of drug-likeness (QED) is 0.681. The standard InChI is InChI=1S/C15H28N4O2/c1-10(2)8-12-18-14(17-6-7-20-5)13(16)15(19-12)21-9-11(3)4/h10-11H,6-9,16H2,1-5H3,(H,17,18,19). The highest BCUT2D eigenvalue weighted by Crippen LogP contribution is 2.27. The molecule has 1 aromatic heterocycles. The predicted octanol–water partition coefficient (Wildman–Crippen LogP) is 2.35. The maximum absolute atomic E-state index is 6.10. The predicted molar refractivity (Wildman–Crippen MR) is 85.7 cm³/mol. The number of hydrogen-bond acceptors (Lipinski definition) is 6. The second-order valence-corrected chi connectivity index (χ2v) is 5.93. The molecule has 0 amide bonds. The molecule has 120 valence electrons. The van der Waals surface area contributed by atoms with Crippen molar-refractivity contribution in [3.05, 3.63) is 5.82 Å². The van der Waals surface area contributed by atoms with Gasteiger partial charge < -0.3 is 20.5 Å². The fourth-order valence-electron chi connectivity index (χ4n) is 1.71. The molecule has 0 saturated carbocycles. The SMILES string of the molecule is COCCNc1nc(CC(C)C)nc(OCC(C)C)c1N. The first-order valence-corrected chi connectivity index (χ1v) is 7.46. The van der Waals surface area contributed by atoms with Crippen LogP contribution in [0.25, 0.3) is 0 Å². The average Bonchev–Trinajstić information content (AvgIpc) is 2.39. The van der Waals surface area contributed by atoms with Crippen molar-refractivity contribution in [1.82, 2.24) is 9.97 Å². The van der Waals surface area contributed by atoms with E-state index >= 15 is 0 Å². The largest absolute Gasteiger partial charge is 0.476 e. The minimum absolute atomic E-state index is 0.415. The van der Waals surface area contributed by atoms with Crippen LogP contribution in [0.3, 0.4) is 0 Å². The maximum atomic E-state index is 6.10. The van der Waals surface area contributed by atoms with Crippen molar-refractivity contribution in [2.75, 3.05) is 37.9 Å². The van der Waals surface area contributed by atoms with Crippen molar-refractivity contribution in [2.24, 2.45) is 11.8 Å². The van der Waals surface area contributed by atoms with E-state index in [4.69, 9.17) is 15.2 Å². The van der Waals surface area contributed by atoms with Crippen LogP contribution < -0.4 is 15.8 Å². The lowest BCUT2D eigenvalue weighted by atomic mass is 10.1. The van der Waals surface area contributed by atoms with E-state index in [0.29, 0.717) is 49.0 Å². The molecule has 0 atom stereocenters. The van der Waals surface area contributed by atoms with E-state index in [-0.39, 0.29) is 0 Å². The molecule has 0 aliphatic carbocycles. The van der Waals surface area contributed by atoms with Gasteiger partial charge in [-0.1, -0.05) is 27.7 Å².